The first-order valence-electron chi connectivity index (χ1n) is 7.62. The Morgan fingerprint density at radius 3 is 2.08 bits per heavy atom. The second-order valence-electron chi connectivity index (χ2n) is 5.37. The molecule has 0 aliphatic heterocycles. The van der Waals surface area contributed by atoms with E-state index in [1.165, 1.54) is 26.4 Å². The summed E-state index contributed by atoms with van der Waals surface area (Å²) < 4.78 is 16.6. The lowest BCUT2D eigenvalue weighted by Crippen LogP contribution is -2.44. The minimum absolute atomic E-state index is 0.211. The first kappa shape index (κ1) is 20.8. The van der Waals surface area contributed by atoms with Gasteiger partial charge in [-0.05, 0) is 19.1 Å². The molecule has 1 N–H and O–H groups in total. The zero-order chi connectivity index (χ0) is 19.3. The van der Waals surface area contributed by atoms with E-state index in [4.69, 9.17) is 49.0 Å². The van der Waals surface area contributed by atoms with Crippen LogP contribution < -0.4 is 5.32 Å². The molecule has 26 heavy (non-hydrogen) atoms. The normalized spacial score (nSPS) is 12.5. The molecule has 0 heterocycles. The third-order valence-corrected chi connectivity index (χ3v) is 5.03. The van der Waals surface area contributed by atoms with Crippen molar-refractivity contribution in [2.75, 3.05) is 19.5 Å². The largest absolute Gasteiger partial charge is 0.440 e. The Morgan fingerprint density at radius 2 is 1.58 bits per heavy atom. The lowest BCUT2D eigenvalue weighted by molar-refractivity contribution is -0.263. The summed E-state index contributed by atoms with van der Waals surface area (Å²) in [5.74, 6) is -1.26. The highest BCUT2D eigenvalue weighted by atomic mass is 35.5. The van der Waals surface area contributed by atoms with Crippen LogP contribution in [0.2, 0.25) is 15.1 Å². The highest BCUT2D eigenvalue weighted by molar-refractivity contribution is 6.48. The molecule has 140 valence electrons. The van der Waals surface area contributed by atoms with Crippen molar-refractivity contribution in [1.82, 2.24) is 0 Å². The van der Waals surface area contributed by atoms with E-state index in [9.17, 15) is 4.79 Å². The molecule has 0 aliphatic carbocycles. The van der Waals surface area contributed by atoms with Crippen molar-refractivity contribution in [3.8, 4) is 0 Å². The summed E-state index contributed by atoms with van der Waals surface area (Å²) in [4.78, 5) is 12.3. The molecule has 2 aromatic rings. The van der Waals surface area contributed by atoms with Crippen LogP contribution in [0.15, 0.2) is 42.5 Å². The van der Waals surface area contributed by atoms with Crippen LogP contribution in [0.1, 0.15) is 12.5 Å². The molecule has 2 rings (SSSR count). The molecule has 2 aromatic carbocycles. The van der Waals surface area contributed by atoms with Gasteiger partial charge in [-0.3, -0.25) is 5.32 Å². The Balaban J connectivity index is 2.16. The molecule has 0 aliphatic rings. The van der Waals surface area contributed by atoms with Crippen molar-refractivity contribution in [2.45, 2.75) is 18.8 Å². The van der Waals surface area contributed by atoms with Gasteiger partial charge in [0.2, 0.25) is 5.79 Å². The Kier molecular flexibility index (Phi) is 7.15. The third kappa shape index (κ3) is 4.42. The zero-order valence-corrected chi connectivity index (χ0v) is 16.7. The molecule has 0 aromatic heterocycles. The molecular formula is C18H18Cl3NO4. The molecular weight excluding hydrogens is 401 g/mol. The van der Waals surface area contributed by atoms with E-state index in [0.29, 0.717) is 11.3 Å². The number of carbonyl (C=O) groups excluding carboxylic acids is 1. The van der Waals surface area contributed by atoms with Crippen LogP contribution in [0.4, 0.5) is 10.5 Å². The predicted octanol–water partition coefficient (Wildman–Crippen LogP) is 5.73. The highest BCUT2D eigenvalue weighted by Crippen LogP contribution is 2.34. The minimum atomic E-state index is -1.26. The lowest BCUT2D eigenvalue weighted by Gasteiger charge is -2.35. The van der Waals surface area contributed by atoms with Crippen LogP contribution in [-0.4, -0.2) is 26.4 Å². The second kappa shape index (κ2) is 8.93. The van der Waals surface area contributed by atoms with Crippen molar-refractivity contribution < 1.29 is 19.0 Å². The molecule has 0 radical (unpaired) electrons. The number of ether oxygens (including phenoxy) is 3. The summed E-state index contributed by atoms with van der Waals surface area (Å²) in [5, 5.41) is 3.20. The second-order valence-corrected chi connectivity index (χ2v) is 6.56. The maximum absolute atomic E-state index is 12.3. The zero-order valence-electron chi connectivity index (χ0n) is 14.4. The fourth-order valence-electron chi connectivity index (χ4n) is 2.57. The first-order chi connectivity index (χ1) is 12.3. The monoisotopic (exact) mass is 417 g/mol. The van der Waals surface area contributed by atoms with Gasteiger partial charge >= 0.3 is 6.09 Å². The van der Waals surface area contributed by atoms with Gasteiger partial charge in [-0.25, -0.2) is 4.79 Å². The topological polar surface area (TPSA) is 56.8 Å². The molecule has 1 atom stereocenters. The summed E-state index contributed by atoms with van der Waals surface area (Å²) in [6, 6.07) is 12.1. The van der Waals surface area contributed by atoms with Gasteiger partial charge in [0.05, 0.1) is 15.1 Å². The maximum atomic E-state index is 12.3. The summed E-state index contributed by atoms with van der Waals surface area (Å²) in [5.41, 5.74) is 1.06. The van der Waals surface area contributed by atoms with Crippen LogP contribution in [0, 0.1) is 0 Å². The predicted molar refractivity (Wildman–Crippen MR) is 103 cm³/mol. The van der Waals surface area contributed by atoms with Gasteiger partial charge in [0, 0.05) is 25.5 Å². The fourth-order valence-corrected chi connectivity index (χ4v) is 3.17. The molecule has 0 saturated carbocycles. The molecule has 0 fully saturated rings. The number of methoxy groups -OCH3 is 2. The Hall–Kier alpha value is -1.50. The fraction of sp³-hybridized carbons (Fsp3) is 0.278. The number of halogens is 3. The average molecular weight is 419 g/mol. The van der Waals surface area contributed by atoms with Gasteiger partial charge in [-0.1, -0.05) is 65.1 Å². The molecule has 0 bridgehead atoms. The summed E-state index contributed by atoms with van der Waals surface area (Å²) in [7, 11) is 2.96. The van der Waals surface area contributed by atoms with E-state index in [2.05, 4.69) is 5.32 Å². The van der Waals surface area contributed by atoms with E-state index in [1.54, 1.807) is 6.92 Å². The number of hydrogen-bond donors (Lipinski definition) is 1. The average Bonchev–Trinajstić information content (AvgIpc) is 2.62. The summed E-state index contributed by atoms with van der Waals surface area (Å²) >= 11 is 17.8. The number of hydrogen-bond acceptors (Lipinski definition) is 4. The van der Waals surface area contributed by atoms with Gasteiger partial charge in [0.15, 0.2) is 6.10 Å². The van der Waals surface area contributed by atoms with E-state index >= 15 is 0 Å². The number of benzene rings is 2. The molecule has 0 spiro atoms. The molecule has 8 heteroatoms. The summed E-state index contributed by atoms with van der Waals surface area (Å²) in [6.45, 7) is 1.67. The van der Waals surface area contributed by atoms with Crippen LogP contribution in [0.5, 0.6) is 0 Å². The van der Waals surface area contributed by atoms with Gasteiger partial charge in [-0.15, -0.1) is 0 Å². The Morgan fingerprint density at radius 1 is 1.04 bits per heavy atom. The Bertz CT molecular complexity index is 743. The number of amides is 1. The van der Waals surface area contributed by atoms with Gasteiger partial charge in [-0.2, -0.15) is 0 Å². The van der Waals surface area contributed by atoms with Crippen LogP contribution in [0.3, 0.4) is 0 Å². The molecule has 5 nitrogen and oxygen atoms in total. The third-order valence-electron chi connectivity index (χ3n) is 3.83. The number of nitrogens with one attached hydrogen (secondary N) is 1. The number of rotatable bonds is 6. The number of anilines is 1. The molecule has 1 amide bonds. The van der Waals surface area contributed by atoms with Crippen molar-refractivity contribution in [3.05, 3.63) is 63.1 Å². The lowest BCUT2D eigenvalue weighted by atomic mass is 10.0. The number of carbonyl (C=O) groups is 1. The van der Waals surface area contributed by atoms with Crippen molar-refractivity contribution in [2.24, 2.45) is 0 Å². The van der Waals surface area contributed by atoms with E-state index in [1.807, 2.05) is 30.3 Å². The highest BCUT2D eigenvalue weighted by Gasteiger charge is 2.41. The van der Waals surface area contributed by atoms with Crippen molar-refractivity contribution >= 4 is 46.6 Å². The minimum Gasteiger partial charge on any atom is -0.440 e. The molecule has 0 saturated heterocycles. The van der Waals surface area contributed by atoms with Crippen LogP contribution >= 0.6 is 34.8 Å². The van der Waals surface area contributed by atoms with Crippen molar-refractivity contribution in [3.63, 3.8) is 0 Å². The van der Waals surface area contributed by atoms with Crippen molar-refractivity contribution in [1.29, 1.82) is 0 Å². The van der Waals surface area contributed by atoms with Gasteiger partial charge in [0.1, 0.15) is 0 Å². The quantitative estimate of drug-likeness (QED) is 0.481. The van der Waals surface area contributed by atoms with Gasteiger partial charge in [0.25, 0.3) is 0 Å². The smallest absolute Gasteiger partial charge is 0.412 e. The first-order valence-corrected chi connectivity index (χ1v) is 8.75. The SMILES string of the molecule is COC(OC)(c1ccccc1)C(C)OC(=O)Nc1cc(Cl)c(Cl)c(Cl)c1. The van der Waals surface area contributed by atoms with Crippen LogP contribution in [0.25, 0.3) is 0 Å². The Labute approximate surface area is 167 Å². The summed E-state index contributed by atoms with van der Waals surface area (Å²) in [6.07, 6.45) is -1.49. The van der Waals surface area contributed by atoms with Gasteiger partial charge < -0.3 is 14.2 Å². The van der Waals surface area contributed by atoms with E-state index in [-0.39, 0.29) is 15.1 Å². The molecule has 1 unspecified atom stereocenters. The van der Waals surface area contributed by atoms with E-state index < -0.39 is 18.0 Å². The van der Waals surface area contributed by atoms with Crippen LogP contribution in [-0.2, 0) is 20.0 Å². The van der Waals surface area contributed by atoms with E-state index in [0.717, 1.165) is 0 Å². The standard InChI is InChI=1S/C18H18Cl3NO4/c1-11(18(24-2,25-3)12-7-5-4-6-8-12)26-17(23)22-13-9-14(19)16(21)15(20)10-13/h4-11H,1-3H3,(H,22,23). The maximum Gasteiger partial charge on any atom is 0.412 e.